The van der Waals surface area contributed by atoms with Crippen LogP contribution in [0.25, 0.3) is 0 Å². The molecule has 2 nitrogen and oxygen atoms in total. The molecule has 0 aliphatic carbocycles. The van der Waals surface area contributed by atoms with Crippen molar-refractivity contribution >= 4 is 49.1 Å². The Bertz CT molecular complexity index is 646. The lowest BCUT2D eigenvalue weighted by atomic mass is 10.2. The third-order valence-corrected chi connectivity index (χ3v) is 4.15. The number of benzene rings is 2. The Morgan fingerprint density at radius 1 is 1.24 bits per heavy atom. The molecular formula is C16H14Br2ClNO. The molecule has 0 bridgehead atoms. The van der Waals surface area contributed by atoms with E-state index in [1.165, 1.54) is 0 Å². The Labute approximate surface area is 146 Å². The van der Waals surface area contributed by atoms with Gasteiger partial charge in [0.05, 0.1) is 15.2 Å². The topological polar surface area (TPSA) is 21.3 Å². The first-order chi connectivity index (χ1) is 10.1. The van der Waals surface area contributed by atoms with Crippen LogP contribution in [0.1, 0.15) is 5.56 Å². The molecule has 0 amide bonds. The van der Waals surface area contributed by atoms with E-state index in [1.54, 1.807) is 6.08 Å². The van der Waals surface area contributed by atoms with Gasteiger partial charge in [-0.2, -0.15) is 0 Å². The first-order valence-electron chi connectivity index (χ1n) is 6.32. The Hall–Kier alpha value is -0.970. The van der Waals surface area contributed by atoms with Gasteiger partial charge in [0.15, 0.2) is 0 Å². The summed E-state index contributed by atoms with van der Waals surface area (Å²) in [5.41, 5.74) is 1.92. The third kappa shape index (κ3) is 4.50. The largest absolute Gasteiger partial charge is 0.488 e. The summed E-state index contributed by atoms with van der Waals surface area (Å²) in [5, 5.41) is 4.02. The van der Waals surface area contributed by atoms with Crippen LogP contribution in [0.2, 0.25) is 5.02 Å². The normalized spacial score (nSPS) is 10.2. The van der Waals surface area contributed by atoms with Crippen LogP contribution in [0.4, 0.5) is 5.69 Å². The molecule has 21 heavy (non-hydrogen) atoms. The van der Waals surface area contributed by atoms with Gasteiger partial charge in [0, 0.05) is 16.6 Å². The van der Waals surface area contributed by atoms with E-state index in [0.717, 1.165) is 25.9 Å². The fourth-order valence-electron chi connectivity index (χ4n) is 1.84. The first kappa shape index (κ1) is 16.4. The number of nitrogens with one attached hydrogen (secondary N) is 1. The molecule has 0 saturated heterocycles. The lowest BCUT2D eigenvalue weighted by Gasteiger charge is -2.15. The molecule has 0 spiro atoms. The van der Waals surface area contributed by atoms with Gasteiger partial charge in [-0.3, -0.25) is 0 Å². The fraction of sp³-hybridized carbons (Fsp3) is 0.125. The van der Waals surface area contributed by atoms with Crippen molar-refractivity contribution in [1.29, 1.82) is 0 Å². The van der Waals surface area contributed by atoms with E-state index in [2.05, 4.69) is 43.8 Å². The highest BCUT2D eigenvalue weighted by atomic mass is 79.9. The Balaban J connectivity index is 2.22. The molecule has 0 aliphatic heterocycles. The van der Waals surface area contributed by atoms with Crippen LogP contribution in [0, 0.1) is 0 Å². The van der Waals surface area contributed by atoms with Crippen LogP contribution in [-0.2, 0) is 6.54 Å². The van der Waals surface area contributed by atoms with Crippen molar-refractivity contribution in [3.05, 3.63) is 68.6 Å². The van der Waals surface area contributed by atoms with Gasteiger partial charge in [-0.05, 0) is 40.2 Å². The Kier molecular flexibility index (Phi) is 6.15. The molecule has 0 atom stereocenters. The molecule has 2 aromatic carbocycles. The molecule has 0 aliphatic rings. The molecule has 1 N–H and O–H groups in total. The second-order valence-electron chi connectivity index (χ2n) is 4.31. The lowest BCUT2D eigenvalue weighted by molar-refractivity contribution is 0.357. The van der Waals surface area contributed by atoms with E-state index < -0.39 is 0 Å². The number of hydrogen-bond donors (Lipinski definition) is 1. The number of ether oxygens (including phenoxy) is 1. The van der Waals surface area contributed by atoms with Gasteiger partial charge in [-0.1, -0.05) is 52.3 Å². The zero-order valence-electron chi connectivity index (χ0n) is 11.2. The van der Waals surface area contributed by atoms with E-state index in [9.17, 15) is 0 Å². The third-order valence-electron chi connectivity index (χ3n) is 2.77. The zero-order chi connectivity index (χ0) is 15.2. The summed E-state index contributed by atoms with van der Waals surface area (Å²) < 4.78 is 7.61. The van der Waals surface area contributed by atoms with Crippen molar-refractivity contribution in [2.45, 2.75) is 6.54 Å². The highest BCUT2D eigenvalue weighted by Gasteiger charge is 2.10. The van der Waals surface area contributed by atoms with Gasteiger partial charge in [0.2, 0.25) is 0 Å². The average molecular weight is 432 g/mol. The molecule has 0 heterocycles. The van der Waals surface area contributed by atoms with E-state index >= 15 is 0 Å². The molecule has 110 valence electrons. The maximum Gasteiger partial charge on any atom is 0.139 e. The summed E-state index contributed by atoms with van der Waals surface area (Å²) in [7, 11) is 0. The van der Waals surface area contributed by atoms with Crippen molar-refractivity contribution in [3.8, 4) is 5.75 Å². The summed E-state index contributed by atoms with van der Waals surface area (Å²) >= 11 is 13.2. The fourth-order valence-corrected chi connectivity index (χ4v) is 3.47. The average Bonchev–Trinajstić information content (AvgIpc) is 2.45. The molecule has 0 saturated carbocycles. The van der Waals surface area contributed by atoms with Gasteiger partial charge >= 0.3 is 0 Å². The molecule has 0 radical (unpaired) electrons. The van der Waals surface area contributed by atoms with Crippen LogP contribution >= 0.6 is 43.5 Å². The van der Waals surface area contributed by atoms with E-state index in [0.29, 0.717) is 18.2 Å². The summed E-state index contributed by atoms with van der Waals surface area (Å²) in [6, 6.07) is 11.6. The smallest absolute Gasteiger partial charge is 0.139 e. The van der Waals surface area contributed by atoms with Crippen molar-refractivity contribution in [2.75, 3.05) is 11.9 Å². The SMILES string of the molecule is C=CCOc1c(Br)cc(Br)cc1CNc1ccccc1Cl. The maximum atomic E-state index is 6.15. The Morgan fingerprint density at radius 3 is 2.71 bits per heavy atom. The van der Waals surface area contributed by atoms with Crippen LogP contribution in [0.15, 0.2) is 58.0 Å². The predicted molar refractivity (Wildman–Crippen MR) is 96.3 cm³/mol. The standard InChI is InChI=1S/C16H14Br2ClNO/c1-2-7-21-16-11(8-12(17)9-13(16)18)10-20-15-6-4-3-5-14(15)19/h2-6,8-9,20H,1,7,10H2. The van der Waals surface area contributed by atoms with Crippen LogP contribution in [0.5, 0.6) is 5.75 Å². The maximum absolute atomic E-state index is 6.15. The van der Waals surface area contributed by atoms with Crippen molar-refractivity contribution in [1.82, 2.24) is 0 Å². The number of halogens is 3. The summed E-state index contributed by atoms with van der Waals surface area (Å²) in [5.74, 6) is 0.803. The van der Waals surface area contributed by atoms with Crippen LogP contribution < -0.4 is 10.1 Å². The van der Waals surface area contributed by atoms with E-state index in [-0.39, 0.29) is 0 Å². The van der Waals surface area contributed by atoms with Gasteiger partial charge in [0.1, 0.15) is 12.4 Å². The molecule has 5 heteroatoms. The van der Waals surface area contributed by atoms with Gasteiger partial charge in [0.25, 0.3) is 0 Å². The number of hydrogen-bond acceptors (Lipinski definition) is 2. The molecule has 0 fully saturated rings. The predicted octanol–water partition coefficient (Wildman–Crippen LogP) is 6.04. The van der Waals surface area contributed by atoms with Crippen molar-refractivity contribution in [3.63, 3.8) is 0 Å². The zero-order valence-corrected chi connectivity index (χ0v) is 15.1. The van der Waals surface area contributed by atoms with Gasteiger partial charge in [-0.25, -0.2) is 0 Å². The van der Waals surface area contributed by atoms with Gasteiger partial charge in [-0.15, -0.1) is 0 Å². The summed E-state index contributed by atoms with van der Waals surface area (Å²) in [6.45, 7) is 4.74. The number of rotatable bonds is 6. The monoisotopic (exact) mass is 429 g/mol. The second-order valence-corrected chi connectivity index (χ2v) is 6.49. The highest BCUT2D eigenvalue weighted by molar-refractivity contribution is 9.11. The lowest BCUT2D eigenvalue weighted by Crippen LogP contribution is -2.04. The summed E-state index contributed by atoms with van der Waals surface area (Å²) in [6.07, 6.45) is 1.72. The van der Waals surface area contributed by atoms with E-state index in [1.807, 2.05) is 36.4 Å². The molecule has 0 aromatic heterocycles. The van der Waals surface area contributed by atoms with Crippen molar-refractivity contribution < 1.29 is 4.74 Å². The Morgan fingerprint density at radius 2 is 2.00 bits per heavy atom. The minimum atomic E-state index is 0.458. The van der Waals surface area contributed by atoms with Crippen LogP contribution in [-0.4, -0.2) is 6.61 Å². The molecule has 2 rings (SSSR count). The minimum Gasteiger partial charge on any atom is -0.488 e. The first-order valence-corrected chi connectivity index (χ1v) is 8.28. The number of para-hydroxylation sites is 1. The van der Waals surface area contributed by atoms with Gasteiger partial charge < -0.3 is 10.1 Å². The number of anilines is 1. The molecular weight excluding hydrogens is 417 g/mol. The second kappa shape index (κ2) is 7.87. The molecule has 2 aromatic rings. The quantitative estimate of drug-likeness (QED) is 0.563. The molecule has 0 unspecified atom stereocenters. The minimum absolute atomic E-state index is 0.458. The highest BCUT2D eigenvalue weighted by Crippen LogP contribution is 2.34. The van der Waals surface area contributed by atoms with Crippen LogP contribution in [0.3, 0.4) is 0 Å². The summed E-state index contributed by atoms with van der Waals surface area (Å²) in [4.78, 5) is 0. The van der Waals surface area contributed by atoms with E-state index in [4.69, 9.17) is 16.3 Å². The van der Waals surface area contributed by atoms with Crippen molar-refractivity contribution in [2.24, 2.45) is 0 Å².